The second-order valence-corrected chi connectivity index (χ2v) is 5.55. The Kier molecular flexibility index (Phi) is 8.24. The summed E-state index contributed by atoms with van der Waals surface area (Å²) >= 11 is 6.36. The number of aryl methyl sites for hydroxylation is 1. The van der Waals surface area contributed by atoms with Crippen LogP contribution in [0, 0.1) is 6.92 Å². The SMILES string of the molecule is CCOc1cc(CNC)cc(Cl)c1OCc1ccc(C)cc1.Cl. The van der Waals surface area contributed by atoms with E-state index in [-0.39, 0.29) is 12.4 Å². The van der Waals surface area contributed by atoms with E-state index in [2.05, 4.69) is 36.5 Å². The topological polar surface area (TPSA) is 30.5 Å². The highest BCUT2D eigenvalue weighted by Gasteiger charge is 2.12. The third kappa shape index (κ3) is 5.61. The van der Waals surface area contributed by atoms with Crippen molar-refractivity contribution in [3.63, 3.8) is 0 Å². The van der Waals surface area contributed by atoms with Crippen LogP contribution >= 0.6 is 24.0 Å². The van der Waals surface area contributed by atoms with Crippen molar-refractivity contribution in [2.45, 2.75) is 27.0 Å². The van der Waals surface area contributed by atoms with Gasteiger partial charge in [0.05, 0.1) is 11.6 Å². The van der Waals surface area contributed by atoms with Crippen LogP contribution in [0.3, 0.4) is 0 Å². The minimum atomic E-state index is 0. The normalized spacial score (nSPS) is 10.1. The second kappa shape index (κ2) is 9.66. The Morgan fingerprint density at radius 1 is 1.04 bits per heavy atom. The van der Waals surface area contributed by atoms with Crippen LogP contribution in [-0.2, 0) is 13.2 Å². The molecule has 0 bridgehead atoms. The Morgan fingerprint density at radius 2 is 1.74 bits per heavy atom. The van der Waals surface area contributed by atoms with Crippen LogP contribution in [0.2, 0.25) is 5.02 Å². The van der Waals surface area contributed by atoms with Gasteiger partial charge in [-0.1, -0.05) is 41.4 Å². The van der Waals surface area contributed by atoms with E-state index >= 15 is 0 Å². The first kappa shape index (κ1) is 19.6. The molecule has 5 heteroatoms. The highest BCUT2D eigenvalue weighted by molar-refractivity contribution is 6.32. The van der Waals surface area contributed by atoms with Crippen molar-refractivity contribution in [3.05, 3.63) is 58.1 Å². The van der Waals surface area contributed by atoms with Crippen molar-refractivity contribution in [3.8, 4) is 11.5 Å². The number of rotatable bonds is 7. The molecule has 23 heavy (non-hydrogen) atoms. The van der Waals surface area contributed by atoms with E-state index in [4.69, 9.17) is 21.1 Å². The van der Waals surface area contributed by atoms with Gasteiger partial charge in [0.25, 0.3) is 0 Å². The Bertz CT molecular complexity index is 615. The van der Waals surface area contributed by atoms with Crippen LogP contribution in [0.4, 0.5) is 0 Å². The Balaban J connectivity index is 0.00000264. The van der Waals surface area contributed by atoms with Gasteiger partial charge in [-0.2, -0.15) is 0 Å². The van der Waals surface area contributed by atoms with Gasteiger partial charge in [0.1, 0.15) is 6.61 Å². The van der Waals surface area contributed by atoms with Crippen LogP contribution in [0.1, 0.15) is 23.6 Å². The van der Waals surface area contributed by atoms with E-state index in [0.29, 0.717) is 29.7 Å². The van der Waals surface area contributed by atoms with Crippen LogP contribution in [-0.4, -0.2) is 13.7 Å². The van der Waals surface area contributed by atoms with Crippen molar-refractivity contribution >= 4 is 24.0 Å². The summed E-state index contributed by atoms with van der Waals surface area (Å²) in [6, 6.07) is 12.1. The minimum absolute atomic E-state index is 0. The van der Waals surface area contributed by atoms with Crippen molar-refractivity contribution in [2.24, 2.45) is 0 Å². The molecule has 2 rings (SSSR count). The van der Waals surface area contributed by atoms with E-state index in [9.17, 15) is 0 Å². The first-order valence-electron chi connectivity index (χ1n) is 7.42. The summed E-state index contributed by atoms with van der Waals surface area (Å²) in [4.78, 5) is 0. The van der Waals surface area contributed by atoms with Gasteiger partial charge in [-0.25, -0.2) is 0 Å². The van der Waals surface area contributed by atoms with Crippen molar-refractivity contribution in [2.75, 3.05) is 13.7 Å². The zero-order chi connectivity index (χ0) is 15.9. The van der Waals surface area contributed by atoms with Gasteiger partial charge in [-0.05, 0) is 44.2 Å². The van der Waals surface area contributed by atoms with Gasteiger partial charge in [-0.3, -0.25) is 0 Å². The van der Waals surface area contributed by atoms with Gasteiger partial charge in [0.2, 0.25) is 0 Å². The molecule has 0 fully saturated rings. The quantitative estimate of drug-likeness (QED) is 0.775. The molecule has 0 aliphatic rings. The fourth-order valence-electron chi connectivity index (χ4n) is 2.17. The Labute approximate surface area is 149 Å². The molecule has 0 saturated heterocycles. The molecule has 0 spiro atoms. The zero-order valence-corrected chi connectivity index (χ0v) is 15.3. The molecule has 0 aromatic heterocycles. The molecule has 0 aliphatic carbocycles. The van der Waals surface area contributed by atoms with E-state index in [0.717, 1.165) is 17.7 Å². The number of hydrogen-bond acceptors (Lipinski definition) is 3. The molecule has 0 aliphatic heterocycles. The molecule has 2 aromatic carbocycles. The summed E-state index contributed by atoms with van der Waals surface area (Å²) in [5.74, 6) is 1.29. The molecule has 0 amide bonds. The lowest BCUT2D eigenvalue weighted by atomic mass is 10.1. The molecule has 3 nitrogen and oxygen atoms in total. The van der Waals surface area contributed by atoms with Crippen LogP contribution in [0.15, 0.2) is 36.4 Å². The number of benzene rings is 2. The standard InChI is InChI=1S/C18H22ClNO2.ClH/c1-4-21-17-10-15(11-20-3)9-16(19)18(17)22-12-14-7-5-13(2)6-8-14;/h5-10,20H,4,11-12H2,1-3H3;1H. The minimum Gasteiger partial charge on any atom is -0.490 e. The summed E-state index contributed by atoms with van der Waals surface area (Å²) in [5, 5.41) is 3.68. The number of nitrogens with one attached hydrogen (secondary N) is 1. The monoisotopic (exact) mass is 355 g/mol. The highest BCUT2D eigenvalue weighted by Crippen LogP contribution is 2.37. The Morgan fingerprint density at radius 3 is 2.35 bits per heavy atom. The molecule has 126 valence electrons. The molecule has 0 radical (unpaired) electrons. The Hall–Kier alpha value is -1.42. The lowest BCUT2D eigenvalue weighted by molar-refractivity contribution is 0.269. The van der Waals surface area contributed by atoms with Crippen molar-refractivity contribution in [1.29, 1.82) is 0 Å². The molecular weight excluding hydrogens is 333 g/mol. The molecule has 0 unspecified atom stereocenters. The van der Waals surface area contributed by atoms with Crippen LogP contribution in [0.5, 0.6) is 11.5 Å². The third-order valence-corrected chi connectivity index (χ3v) is 3.53. The largest absolute Gasteiger partial charge is 0.490 e. The average Bonchev–Trinajstić information content (AvgIpc) is 2.49. The summed E-state index contributed by atoms with van der Waals surface area (Å²) < 4.78 is 11.6. The predicted octanol–water partition coefficient (Wildman–Crippen LogP) is 4.77. The smallest absolute Gasteiger partial charge is 0.180 e. The van der Waals surface area contributed by atoms with Gasteiger partial charge in [0.15, 0.2) is 11.5 Å². The highest BCUT2D eigenvalue weighted by atomic mass is 35.5. The summed E-state index contributed by atoms with van der Waals surface area (Å²) in [7, 11) is 1.90. The van der Waals surface area contributed by atoms with Gasteiger partial charge in [-0.15, -0.1) is 12.4 Å². The predicted molar refractivity (Wildman–Crippen MR) is 98.1 cm³/mol. The van der Waals surface area contributed by atoms with Gasteiger partial charge in [0, 0.05) is 6.54 Å². The zero-order valence-electron chi connectivity index (χ0n) is 13.7. The summed E-state index contributed by atoms with van der Waals surface area (Å²) in [5.41, 5.74) is 3.40. The second-order valence-electron chi connectivity index (χ2n) is 5.14. The first-order valence-corrected chi connectivity index (χ1v) is 7.80. The third-order valence-electron chi connectivity index (χ3n) is 3.25. The van der Waals surface area contributed by atoms with Crippen molar-refractivity contribution < 1.29 is 9.47 Å². The molecule has 2 aromatic rings. The molecular formula is C18H23Cl2NO2. The van der Waals surface area contributed by atoms with Gasteiger partial charge >= 0.3 is 0 Å². The number of hydrogen-bond donors (Lipinski definition) is 1. The fraction of sp³-hybridized carbons (Fsp3) is 0.333. The molecule has 0 atom stereocenters. The van der Waals surface area contributed by atoms with E-state index in [1.165, 1.54) is 5.56 Å². The van der Waals surface area contributed by atoms with Crippen molar-refractivity contribution in [1.82, 2.24) is 5.32 Å². The average molecular weight is 356 g/mol. The maximum Gasteiger partial charge on any atom is 0.180 e. The number of halogens is 2. The van der Waals surface area contributed by atoms with E-state index in [1.54, 1.807) is 0 Å². The lowest BCUT2D eigenvalue weighted by Crippen LogP contribution is -2.07. The van der Waals surface area contributed by atoms with E-state index in [1.807, 2.05) is 26.1 Å². The molecule has 0 saturated carbocycles. The number of ether oxygens (including phenoxy) is 2. The van der Waals surface area contributed by atoms with E-state index < -0.39 is 0 Å². The first-order chi connectivity index (χ1) is 10.6. The van der Waals surface area contributed by atoms with Crippen LogP contribution in [0.25, 0.3) is 0 Å². The molecule has 1 N–H and O–H groups in total. The molecule has 0 heterocycles. The van der Waals surface area contributed by atoms with Crippen LogP contribution < -0.4 is 14.8 Å². The summed E-state index contributed by atoms with van der Waals surface area (Å²) in [6.07, 6.45) is 0. The summed E-state index contributed by atoms with van der Waals surface area (Å²) in [6.45, 7) is 5.78. The van der Waals surface area contributed by atoms with Gasteiger partial charge < -0.3 is 14.8 Å². The fourth-order valence-corrected chi connectivity index (χ4v) is 2.46. The maximum absolute atomic E-state index is 6.36. The maximum atomic E-state index is 6.36. The lowest BCUT2D eigenvalue weighted by Gasteiger charge is -2.15.